The van der Waals surface area contributed by atoms with Crippen LogP contribution in [0.4, 0.5) is 0 Å². The Morgan fingerprint density at radius 2 is 2.19 bits per heavy atom. The third-order valence-electron chi connectivity index (χ3n) is 1.88. The van der Waals surface area contributed by atoms with Gasteiger partial charge in [0.25, 0.3) is 0 Å². The van der Waals surface area contributed by atoms with E-state index in [1.165, 1.54) is 6.08 Å². The second kappa shape index (κ2) is 5.75. The summed E-state index contributed by atoms with van der Waals surface area (Å²) in [6.45, 7) is 2.37. The van der Waals surface area contributed by atoms with Gasteiger partial charge in [-0.3, -0.25) is 10.1 Å². The lowest BCUT2D eigenvalue weighted by molar-refractivity contribution is -0.400. The van der Waals surface area contributed by atoms with E-state index in [0.29, 0.717) is 23.7 Å². The number of ether oxygens (including phenoxy) is 2. The number of nitro groups is 1. The van der Waals surface area contributed by atoms with Gasteiger partial charge in [-0.2, -0.15) is 0 Å². The van der Waals surface area contributed by atoms with Crippen molar-refractivity contribution in [1.29, 1.82) is 0 Å². The molecule has 16 heavy (non-hydrogen) atoms. The molecule has 0 radical (unpaired) electrons. The van der Waals surface area contributed by atoms with Crippen LogP contribution in [0.2, 0.25) is 0 Å². The van der Waals surface area contributed by atoms with Crippen molar-refractivity contribution in [1.82, 2.24) is 0 Å². The molecule has 0 heterocycles. The van der Waals surface area contributed by atoms with Gasteiger partial charge in [-0.25, -0.2) is 0 Å². The molecule has 0 aliphatic heterocycles. The SMILES string of the molecule is CCOc1cc(/C=C/[N+](=O)[O-])ccc1OC. The standard InChI is InChI=1S/C11H13NO4/c1-3-16-11-8-9(6-7-12(13)14)4-5-10(11)15-2/h4-8H,3H2,1-2H3/b7-6+. The van der Waals surface area contributed by atoms with E-state index < -0.39 is 4.92 Å². The smallest absolute Gasteiger partial charge is 0.235 e. The van der Waals surface area contributed by atoms with E-state index in [1.807, 2.05) is 6.92 Å². The van der Waals surface area contributed by atoms with E-state index in [1.54, 1.807) is 25.3 Å². The van der Waals surface area contributed by atoms with Crippen LogP contribution in [-0.2, 0) is 0 Å². The Bertz CT molecular complexity index is 401. The summed E-state index contributed by atoms with van der Waals surface area (Å²) in [5.74, 6) is 1.19. The fourth-order valence-electron chi connectivity index (χ4n) is 1.21. The van der Waals surface area contributed by atoms with Gasteiger partial charge in [-0.1, -0.05) is 6.07 Å². The molecule has 0 bridgehead atoms. The van der Waals surface area contributed by atoms with Gasteiger partial charge in [0.1, 0.15) is 0 Å². The number of methoxy groups -OCH3 is 1. The highest BCUT2D eigenvalue weighted by Crippen LogP contribution is 2.28. The molecule has 86 valence electrons. The Morgan fingerprint density at radius 1 is 1.44 bits per heavy atom. The number of rotatable bonds is 5. The predicted octanol–water partition coefficient (Wildman–Crippen LogP) is 2.34. The van der Waals surface area contributed by atoms with Crippen LogP contribution in [0.15, 0.2) is 24.4 Å². The Labute approximate surface area is 93.4 Å². The Kier molecular flexibility index (Phi) is 4.32. The molecule has 0 N–H and O–H groups in total. The molecule has 1 rings (SSSR count). The molecule has 0 atom stereocenters. The third-order valence-corrected chi connectivity index (χ3v) is 1.88. The molecule has 0 unspecified atom stereocenters. The minimum absolute atomic E-state index is 0.509. The lowest BCUT2D eigenvalue weighted by Crippen LogP contribution is -1.95. The second-order valence-corrected chi connectivity index (χ2v) is 2.94. The highest BCUT2D eigenvalue weighted by molar-refractivity contribution is 5.55. The molecule has 0 aromatic heterocycles. The summed E-state index contributed by atoms with van der Waals surface area (Å²) in [6.07, 6.45) is 2.29. The van der Waals surface area contributed by atoms with Crippen molar-refractivity contribution < 1.29 is 14.4 Å². The number of hydrogen-bond acceptors (Lipinski definition) is 4. The predicted molar refractivity (Wildman–Crippen MR) is 60.2 cm³/mol. The topological polar surface area (TPSA) is 61.6 Å². The van der Waals surface area contributed by atoms with Gasteiger partial charge in [-0.05, 0) is 24.6 Å². The third kappa shape index (κ3) is 3.27. The molecule has 1 aromatic carbocycles. The summed E-state index contributed by atoms with van der Waals surface area (Å²) in [5.41, 5.74) is 0.695. The molecule has 0 amide bonds. The average molecular weight is 223 g/mol. The van der Waals surface area contributed by atoms with Crippen molar-refractivity contribution in [3.05, 3.63) is 40.1 Å². The maximum Gasteiger partial charge on any atom is 0.235 e. The second-order valence-electron chi connectivity index (χ2n) is 2.94. The van der Waals surface area contributed by atoms with Gasteiger partial charge in [0.05, 0.1) is 18.6 Å². The fraction of sp³-hybridized carbons (Fsp3) is 0.273. The van der Waals surface area contributed by atoms with E-state index in [4.69, 9.17) is 9.47 Å². The number of nitrogens with zero attached hydrogens (tertiary/aromatic N) is 1. The zero-order valence-electron chi connectivity index (χ0n) is 9.17. The minimum atomic E-state index is -0.509. The van der Waals surface area contributed by atoms with Gasteiger partial charge in [-0.15, -0.1) is 0 Å². The van der Waals surface area contributed by atoms with E-state index in [-0.39, 0.29) is 0 Å². The molecule has 0 aliphatic carbocycles. The van der Waals surface area contributed by atoms with Crippen LogP contribution in [0.25, 0.3) is 6.08 Å². The van der Waals surface area contributed by atoms with Crippen LogP contribution >= 0.6 is 0 Å². The molecule has 5 heteroatoms. The summed E-state index contributed by atoms with van der Waals surface area (Å²) in [4.78, 5) is 9.66. The van der Waals surface area contributed by atoms with Gasteiger partial charge in [0.15, 0.2) is 11.5 Å². The van der Waals surface area contributed by atoms with Crippen molar-refractivity contribution in [3.63, 3.8) is 0 Å². The fourth-order valence-corrected chi connectivity index (χ4v) is 1.21. The first-order valence-corrected chi connectivity index (χ1v) is 4.80. The van der Waals surface area contributed by atoms with Gasteiger partial charge in [0.2, 0.25) is 6.20 Å². The van der Waals surface area contributed by atoms with E-state index in [9.17, 15) is 10.1 Å². The molecule has 5 nitrogen and oxygen atoms in total. The molecule has 1 aromatic rings. The summed E-state index contributed by atoms with van der Waals surface area (Å²) in [6, 6.07) is 5.13. The summed E-state index contributed by atoms with van der Waals surface area (Å²) < 4.78 is 10.4. The molecule has 0 saturated heterocycles. The maximum atomic E-state index is 10.2. The van der Waals surface area contributed by atoms with Gasteiger partial charge >= 0.3 is 0 Å². The lowest BCUT2D eigenvalue weighted by atomic mass is 10.2. The lowest BCUT2D eigenvalue weighted by Gasteiger charge is -2.09. The first kappa shape index (κ1) is 12.0. The molecule has 0 spiro atoms. The van der Waals surface area contributed by atoms with Crippen LogP contribution in [0.3, 0.4) is 0 Å². The Balaban J connectivity index is 2.96. The molecule has 0 aliphatic rings. The zero-order valence-corrected chi connectivity index (χ0v) is 9.17. The first-order valence-electron chi connectivity index (χ1n) is 4.80. The Morgan fingerprint density at radius 3 is 2.75 bits per heavy atom. The monoisotopic (exact) mass is 223 g/mol. The number of benzene rings is 1. The van der Waals surface area contributed by atoms with Crippen molar-refractivity contribution in [2.24, 2.45) is 0 Å². The van der Waals surface area contributed by atoms with Crippen molar-refractivity contribution in [3.8, 4) is 11.5 Å². The van der Waals surface area contributed by atoms with Gasteiger partial charge < -0.3 is 9.47 Å². The van der Waals surface area contributed by atoms with Crippen molar-refractivity contribution >= 4 is 6.08 Å². The van der Waals surface area contributed by atoms with Crippen LogP contribution in [0.1, 0.15) is 12.5 Å². The van der Waals surface area contributed by atoms with Crippen molar-refractivity contribution in [2.45, 2.75) is 6.92 Å². The molecular weight excluding hydrogens is 210 g/mol. The quantitative estimate of drug-likeness (QED) is 0.567. The largest absolute Gasteiger partial charge is 0.493 e. The molecular formula is C11H13NO4. The van der Waals surface area contributed by atoms with Crippen LogP contribution in [0, 0.1) is 10.1 Å². The van der Waals surface area contributed by atoms with Crippen molar-refractivity contribution in [2.75, 3.05) is 13.7 Å². The molecule has 0 saturated carbocycles. The van der Waals surface area contributed by atoms with E-state index >= 15 is 0 Å². The van der Waals surface area contributed by atoms with E-state index in [2.05, 4.69) is 0 Å². The Hall–Kier alpha value is -2.04. The number of hydrogen-bond donors (Lipinski definition) is 0. The molecule has 0 fully saturated rings. The summed E-state index contributed by atoms with van der Waals surface area (Å²) in [5, 5.41) is 10.2. The van der Waals surface area contributed by atoms with E-state index in [0.717, 1.165) is 6.20 Å². The minimum Gasteiger partial charge on any atom is -0.493 e. The van der Waals surface area contributed by atoms with Crippen LogP contribution in [0.5, 0.6) is 11.5 Å². The van der Waals surface area contributed by atoms with Gasteiger partial charge in [0, 0.05) is 6.08 Å². The zero-order chi connectivity index (χ0) is 12.0. The first-order chi connectivity index (χ1) is 7.67. The van der Waals surface area contributed by atoms with Crippen LogP contribution < -0.4 is 9.47 Å². The highest BCUT2D eigenvalue weighted by atomic mass is 16.6. The average Bonchev–Trinajstić information content (AvgIpc) is 2.27. The summed E-state index contributed by atoms with van der Waals surface area (Å²) in [7, 11) is 1.55. The highest BCUT2D eigenvalue weighted by Gasteiger charge is 2.04. The maximum absolute atomic E-state index is 10.2. The normalized spacial score (nSPS) is 10.4. The van der Waals surface area contributed by atoms with Crippen LogP contribution in [-0.4, -0.2) is 18.6 Å². The summed E-state index contributed by atoms with van der Waals surface area (Å²) >= 11 is 0.